The molecule has 1 aliphatic heterocycles. The number of amides is 1. The summed E-state index contributed by atoms with van der Waals surface area (Å²) < 4.78 is 7.93. The predicted molar refractivity (Wildman–Crippen MR) is 54.4 cm³/mol. The highest BCUT2D eigenvalue weighted by atomic mass is 35.5. The van der Waals surface area contributed by atoms with E-state index in [0.29, 0.717) is 17.5 Å². The van der Waals surface area contributed by atoms with Crippen molar-refractivity contribution in [3.63, 3.8) is 0 Å². The molecule has 2 N–H and O–H groups in total. The van der Waals surface area contributed by atoms with Crippen molar-refractivity contribution in [2.75, 3.05) is 18.0 Å². The zero-order valence-corrected chi connectivity index (χ0v) is 8.88. The van der Waals surface area contributed by atoms with Gasteiger partial charge in [-0.1, -0.05) is 11.6 Å². The second-order valence-corrected chi connectivity index (χ2v) is 4.10. The molecule has 0 spiro atoms. The van der Waals surface area contributed by atoms with Gasteiger partial charge in [0.15, 0.2) is 11.0 Å². The molecule has 0 bridgehead atoms. The summed E-state index contributed by atoms with van der Waals surface area (Å²) in [6.07, 6.45) is 0.767. The van der Waals surface area contributed by atoms with E-state index in [1.807, 2.05) is 4.90 Å². The molecule has 1 fully saturated rings. The van der Waals surface area contributed by atoms with Crippen molar-refractivity contribution in [3.05, 3.63) is 5.15 Å². The molecule has 1 aromatic heterocycles. The molecule has 5 nitrogen and oxygen atoms in total. The first-order valence-corrected chi connectivity index (χ1v) is 5.31. The molecule has 1 unspecified atom stereocenters. The number of hydrogen-bond acceptors (Lipinski definition) is 5. The Kier molecular flexibility index (Phi) is 2.56. The van der Waals surface area contributed by atoms with E-state index in [9.17, 15) is 4.79 Å². The lowest BCUT2D eigenvalue weighted by atomic mass is 10.1. The Labute approximate surface area is 90.2 Å². The van der Waals surface area contributed by atoms with Gasteiger partial charge in [-0.25, -0.2) is 0 Å². The monoisotopic (exact) mass is 232 g/mol. The van der Waals surface area contributed by atoms with E-state index < -0.39 is 0 Å². The predicted octanol–water partition coefficient (Wildman–Crippen LogP) is 0.503. The van der Waals surface area contributed by atoms with Gasteiger partial charge in [-0.15, -0.1) is 0 Å². The molecule has 1 aromatic rings. The lowest BCUT2D eigenvalue weighted by Crippen LogP contribution is -2.27. The van der Waals surface area contributed by atoms with Crippen LogP contribution in [0, 0.1) is 5.92 Å². The quantitative estimate of drug-likeness (QED) is 0.806. The fourth-order valence-electron chi connectivity index (χ4n) is 1.55. The first-order valence-electron chi connectivity index (χ1n) is 4.21. The smallest absolute Gasteiger partial charge is 0.222 e. The van der Waals surface area contributed by atoms with E-state index in [0.717, 1.165) is 24.7 Å². The lowest BCUT2D eigenvalue weighted by molar-refractivity contribution is -0.121. The lowest BCUT2D eigenvalue weighted by Gasteiger charge is -2.13. The number of nitrogens with two attached hydrogens (primary N) is 1. The van der Waals surface area contributed by atoms with Gasteiger partial charge in [-0.3, -0.25) is 4.79 Å². The SMILES string of the molecule is NC(=O)C1CCN(c2nsnc2Cl)C1. The average Bonchev–Trinajstić information content (AvgIpc) is 2.71. The fraction of sp³-hybridized carbons (Fsp3) is 0.571. The van der Waals surface area contributed by atoms with Crippen LogP contribution in [-0.2, 0) is 4.79 Å². The maximum absolute atomic E-state index is 10.9. The highest BCUT2D eigenvalue weighted by Gasteiger charge is 2.29. The van der Waals surface area contributed by atoms with Gasteiger partial charge in [0.1, 0.15) is 0 Å². The molecule has 1 saturated heterocycles. The van der Waals surface area contributed by atoms with Crippen molar-refractivity contribution in [1.29, 1.82) is 0 Å². The minimum atomic E-state index is -0.258. The zero-order valence-electron chi connectivity index (χ0n) is 7.31. The largest absolute Gasteiger partial charge is 0.369 e. The number of hydrogen-bond donors (Lipinski definition) is 1. The van der Waals surface area contributed by atoms with Gasteiger partial charge in [0.2, 0.25) is 5.91 Å². The Morgan fingerprint density at radius 3 is 2.93 bits per heavy atom. The van der Waals surface area contributed by atoms with Crippen molar-refractivity contribution >= 4 is 35.1 Å². The molecule has 2 rings (SSSR count). The highest BCUT2D eigenvalue weighted by Crippen LogP contribution is 2.28. The Bertz CT molecular complexity index is 355. The third kappa shape index (κ3) is 1.67. The minimum absolute atomic E-state index is 0.0900. The van der Waals surface area contributed by atoms with Crippen molar-refractivity contribution in [3.8, 4) is 0 Å². The summed E-state index contributed by atoms with van der Waals surface area (Å²) in [7, 11) is 0. The summed E-state index contributed by atoms with van der Waals surface area (Å²) >= 11 is 6.90. The number of primary amides is 1. The number of halogens is 1. The Morgan fingerprint density at radius 2 is 2.43 bits per heavy atom. The Morgan fingerprint density at radius 1 is 1.64 bits per heavy atom. The summed E-state index contributed by atoms with van der Waals surface area (Å²) in [6, 6.07) is 0. The van der Waals surface area contributed by atoms with Gasteiger partial charge in [0.25, 0.3) is 0 Å². The zero-order chi connectivity index (χ0) is 10.1. The highest BCUT2D eigenvalue weighted by molar-refractivity contribution is 6.99. The second-order valence-electron chi connectivity index (χ2n) is 3.21. The molecule has 0 radical (unpaired) electrons. The van der Waals surface area contributed by atoms with E-state index in [-0.39, 0.29) is 11.8 Å². The maximum Gasteiger partial charge on any atom is 0.222 e. The van der Waals surface area contributed by atoms with Crippen molar-refractivity contribution in [2.24, 2.45) is 11.7 Å². The van der Waals surface area contributed by atoms with Crippen LogP contribution < -0.4 is 10.6 Å². The summed E-state index contributed by atoms with van der Waals surface area (Å²) in [5.41, 5.74) is 5.22. The molecular weight excluding hydrogens is 224 g/mol. The van der Waals surface area contributed by atoms with Crippen molar-refractivity contribution < 1.29 is 4.79 Å². The second kappa shape index (κ2) is 3.70. The summed E-state index contributed by atoms with van der Waals surface area (Å²) in [5.74, 6) is 0.319. The number of rotatable bonds is 2. The number of aromatic nitrogens is 2. The maximum atomic E-state index is 10.9. The van der Waals surface area contributed by atoms with Crippen LogP contribution >= 0.6 is 23.3 Å². The molecule has 14 heavy (non-hydrogen) atoms. The Hall–Kier alpha value is -0.880. The van der Waals surface area contributed by atoms with E-state index in [4.69, 9.17) is 17.3 Å². The topological polar surface area (TPSA) is 72.1 Å². The molecule has 76 valence electrons. The first-order chi connectivity index (χ1) is 6.68. The van der Waals surface area contributed by atoms with Crippen LogP contribution in [-0.4, -0.2) is 27.7 Å². The molecule has 0 aromatic carbocycles. The molecule has 2 heterocycles. The third-order valence-electron chi connectivity index (χ3n) is 2.32. The van der Waals surface area contributed by atoms with Crippen LogP contribution in [0.15, 0.2) is 0 Å². The van der Waals surface area contributed by atoms with Gasteiger partial charge in [-0.2, -0.15) is 8.75 Å². The standard InChI is InChI=1S/C7H9ClN4OS/c8-5-7(11-14-10-5)12-2-1-4(3-12)6(9)13/h4H,1-3H2,(H2,9,13). The molecule has 0 saturated carbocycles. The molecule has 1 aliphatic rings. The van der Waals surface area contributed by atoms with Crippen LogP contribution in [0.5, 0.6) is 0 Å². The number of anilines is 1. The van der Waals surface area contributed by atoms with Gasteiger partial charge in [-0.05, 0) is 6.42 Å². The summed E-state index contributed by atoms with van der Waals surface area (Å²) in [6.45, 7) is 1.36. The van der Waals surface area contributed by atoms with Gasteiger partial charge < -0.3 is 10.6 Å². The number of nitrogens with zero attached hydrogens (tertiary/aromatic N) is 3. The molecule has 0 aliphatic carbocycles. The van der Waals surface area contributed by atoms with Crippen LogP contribution in [0.2, 0.25) is 5.15 Å². The van der Waals surface area contributed by atoms with Crippen molar-refractivity contribution in [2.45, 2.75) is 6.42 Å². The minimum Gasteiger partial charge on any atom is -0.369 e. The van der Waals surface area contributed by atoms with E-state index in [1.165, 1.54) is 0 Å². The average molecular weight is 233 g/mol. The van der Waals surface area contributed by atoms with Gasteiger partial charge >= 0.3 is 0 Å². The summed E-state index contributed by atoms with van der Waals surface area (Å²) in [5, 5.41) is 0.403. The van der Waals surface area contributed by atoms with Crippen LogP contribution in [0.4, 0.5) is 5.82 Å². The summed E-state index contributed by atoms with van der Waals surface area (Å²) in [4.78, 5) is 12.9. The number of carbonyl (C=O) groups is 1. The van der Waals surface area contributed by atoms with Crippen LogP contribution in [0.1, 0.15) is 6.42 Å². The van der Waals surface area contributed by atoms with E-state index >= 15 is 0 Å². The van der Waals surface area contributed by atoms with Crippen molar-refractivity contribution in [1.82, 2.24) is 8.75 Å². The Balaban J connectivity index is 2.10. The van der Waals surface area contributed by atoms with Gasteiger partial charge in [0.05, 0.1) is 17.6 Å². The number of carbonyl (C=O) groups excluding carboxylic acids is 1. The van der Waals surface area contributed by atoms with Gasteiger partial charge in [0, 0.05) is 13.1 Å². The van der Waals surface area contributed by atoms with Crippen LogP contribution in [0.25, 0.3) is 0 Å². The van der Waals surface area contributed by atoms with E-state index in [2.05, 4.69) is 8.75 Å². The normalized spacial score (nSPS) is 21.5. The molecule has 7 heteroatoms. The van der Waals surface area contributed by atoms with E-state index in [1.54, 1.807) is 0 Å². The fourth-order valence-corrected chi connectivity index (χ4v) is 2.32. The first kappa shape index (κ1) is 9.67. The molecular formula is C7H9ClN4OS. The van der Waals surface area contributed by atoms with Crippen LogP contribution in [0.3, 0.4) is 0 Å². The molecule has 1 atom stereocenters. The third-order valence-corrected chi connectivity index (χ3v) is 3.20. The molecule has 1 amide bonds.